The monoisotopic (exact) mass is 438 g/mol. The number of imidazole rings is 1. The maximum absolute atomic E-state index is 12.7. The van der Waals surface area contributed by atoms with Gasteiger partial charge < -0.3 is 14.0 Å². The molecule has 1 aromatic heterocycles. The van der Waals surface area contributed by atoms with E-state index in [4.69, 9.17) is 9.47 Å². The highest BCUT2D eigenvalue weighted by molar-refractivity contribution is 6.06. The average Bonchev–Trinajstić information content (AvgIpc) is 3.37. The first-order valence-electron chi connectivity index (χ1n) is 10.7. The fourth-order valence-corrected chi connectivity index (χ4v) is 3.67. The first-order valence-corrected chi connectivity index (χ1v) is 10.7. The van der Waals surface area contributed by atoms with Gasteiger partial charge in [0.2, 0.25) is 0 Å². The average molecular weight is 439 g/mol. The van der Waals surface area contributed by atoms with Crippen molar-refractivity contribution in [3.8, 4) is 17.2 Å². The van der Waals surface area contributed by atoms with Gasteiger partial charge in [-0.3, -0.25) is 4.79 Å². The second-order valence-corrected chi connectivity index (χ2v) is 7.80. The van der Waals surface area contributed by atoms with E-state index in [1.165, 1.54) is 0 Å². The number of carbonyl (C=O) groups excluding carboxylic acids is 1. The van der Waals surface area contributed by atoms with E-state index in [2.05, 4.69) is 4.98 Å². The Hall–Kier alpha value is -4.12. The van der Waals surface area contributed by atoms with Crippen LogP contribution >= 0.6 is 0 Å². The predicted octanol–water partition coefficient (Wildman–Crippen LogP) is 5.97. The molecule has 0 atom stereocenters. The number of carbonyl (C=O) groups is 1. The number of rotatable bonds is 8. The van der Waals surface area contributed by atoms with Crippen LogP contribution in [0.4, 0.5) is 0 Å². The number of para-hydroxylation sites is 1. The Balaban J connectivity index is 1.48. The highest BCUT2D eigenvalue weighted by Gasteiger charge is 2.09. The van der Waals surface area contributed by atoms with Crippen LogP contribution in [-0.4, -0.2) is 22.4 Å². The number of hydrogen-bond acceptors (Lipinski definition) is 4. The lowest BCUT2D eigenvalue weighted by Crippen LogP contribution is -2.01. The molecule has 1 heterocycles. The summed E-state index contributed by atoms with van der Waals surface area (Å²) < 4.78 is 13.5. The van der Waals surface area contributed by atoms with Crippen molar-refractivity contribution in [2.75, 3.05) is 7.11 Å². The van der Waals surface area contributed by atoms with Crippen molar-refractivity contribution in [1.82, 2.24) is 9.55 Å². The molecule has 0 unspecified atom stereocenters. The summed E-state index contributed by atoms with van der Waals surface area (Å²) >= 11 is 0. The number of methoxy groups -OCH3 is 1. The van der Waals surface area contributed by atoms with Gasteiger partial charge in [-0.25, -0.2) is 4.98 Å². The van der Waals surface area contributed by atoms with Gasteiger partial charge in [-0.2, -0.15) is 0 Å². The summed E-state index contributed by atoms with van der Waals surface area (Å²) in [5, 5.41) is 0. The summed E-state index contributed by atoms with van der Waals surface area (Å²) in [6, 6.07) is 19.3. The standard InChI is InChI=1S/C28H26N2O3/c1-20-5-4-6-21(2)28(20)33-18-24-17-22(8-14-27(24)32-3)7-13-26(31)23-9-11-25(12-10-23)30-16-15-29-19-30/h4-17,19H,18H2,1-3H3/b13-7+. The summed E-state index contributed by atoms with van der Waals surface area (Å²) in [4.78, 5) is 16.7. The van der Waals surface area contributed by atoms with Gasteiger partial charge in [0.25, 0.3) is 0 Å². The molecule has 0 amide bonds. The maximum atomic E-state index is 12.7. The molecule has 0 N–H and O–H groups in total. The minimum absolute atomic E-state index is 0.0589. The minimum atomic E-state index is -0.0589. The molecule has 0 bridgehead atoms. The van der Waals surface area contributed by atoms with E-state index in [1.54, 1.807) is 25.7 Å². The van der Waals surface area contributed by atoms with E-state index in [9.17, 15) is 4.79 Å². The van der Waals surface area contributed by atoms with Crippen LogP contribution in [0.2, 0.25) is 0 Å². The number of allylic oxidation sites excluding steroid dienone is 1. The number of ketones is 1. The third kappa shape index (κ3) is 5.21. The van der Waals surface area contributed by atoms with Crippen molar-refractivity contribution in [3.05, 3.63) is 113 Å². The van der Waals surface area contributed by atoms with Gasteiger partial charge in [-0.15, -0.1) is 0 Å². The predicted molar refractivity (Wildman–Crippen MR) is 130 cm³/mol. The van der Waals surface area contributed by atoms with Crippen molar-refractivity contribution in [2.24, 2.45) is 0 Å². The number of ether oxygens (including phenoxy) is 2. The van der Waals surface area contributed by atoms with Gasteiger partial charge in [0.05, 0.1) is 13.4 Å². The van der Waals surface area contributed by atoms with Crippen molar-refractivity contribution < 1.29 is 14.3 Å². The maximum Gasteiger partial charge on any atom is 0.185 e. The molecule has 0 aliphatic rings. The molecule has 5 nitrogen and oxygen atoms in total. The van der Waals surface area contributed by atoms with Gasteiger partial charge in [0.15, 0.2) is 5.78 Å². The fraction of sp³-hybridized carbons (Fsp3) is 0.143. The molecular formula is C28H26N2O3. The van der Waals surface area contributed by atoms with E-state index in [0.29, 0.717) is 12.2 Å². The van der Waals surface area contributed by atoms with Crippen LogP contribution in [-0.2, 0) is 6.61 Å². The van der Waals surface area contributed by atoms with E-state index in [-0.39, 0.29) is 5.78 Å². The highest BCUT2D eigenvalue weighted by Crippen LogP contribution is 2.27. The first kappa shape index (κ1) is 22.1. The van der Waals surface area contributed by atoms with E-state index < -0.39 is 0 Å². The number of aryl methyl sites for hydroxylation is 2. The molecular weight excluding hydrogens is 412 g/mol. The lowest BCUT2D eigenvalue weighted by molar-refractivity contribution is 0.104. The molecule has 4 aromatic rings. The molecule has 5 heteroatoms. The summed E-state index contributed by atoms with van der Waals surface area (Å²) in [6.07, 6.45) is 8.71. The fourth-order valence-electron chi connectivity index (χ4n) is 3.67. The molecule has 0 saturated carbocycles. The number of aromatic nitrogens is 2. The zero-order chi connectivity index (χ0) is 23.2. The minimum Gasteiger partial charge on any atom is -0.496 e. The van der Waals surface area contributed by atoms with Gasteiger partial charge in [0, 0.05) is 29.2 Å². The van der Waals surface area contributed by atoms with Gasteiger partial charge in [-0.05, 0) is 73.0 Å². The molecule has 4 rings (SSSR count). The van der Waals surface area contributed by atoms with Crippen LogP contribution in [0.25, 0.3) is 11.8 Å². The summed E-state index contributed by atoms with van der Waals surface area (Å²) in [5.74, 6) is 1.57. The Morgan fingerprint density at radius 2 is 1.79 bits per heavy atom. The van der Waals surface area contributed by atoms with Crippen molar-refractivity contribution in [3.63, 3.8) is 0 Å². The second-order valence-electron chi connectivity index (χ2n) is 7.80. The molecule has 0 spiro atoms. The third-order valence-corrected chi connectivity index (χ3v) is 5.47. The van der Waals surface area contributed by atoms with Crippen LogP contribution in [0, 0.1) is 13.8 Å². The van der Waals surface area contributed by atoms with Gasteiger partial charge in [0.1, 0.15) is 18.1 Å². The molecule has 33 heavy (non-hydrogen) atoms. The largest absolute Gasteiger partial charge is 0.496 e. The Morgan fingerprint density at radius 1 is 1.03 bits per heavy atom. The topological polar surface area (TPSA) is 53.4 Å². The molecule has 3 aromatic carbocycles. The van der Waals surface area contributed by atoms with Crippen LogP contribution < -0.4 is 9.47 Å². The number of hydrogen-bond donors (Lipinski definition) is 0. The first-order chi connectivity index (χ1) is 16.0. The molecule has 0 saturated heterocycles. The zero-order valence-corrected chi connectivity index (χ0v) is 19.0. The second kappa shape index (κ2) is 10.0. The number of nitrogens with zero attached hydrogens (tertiary/aromatic N) is 2. The quantitative estimate of drug-likeness (QED) is 0.251. The summed E-state index contributed by atoms with van der Waals surface area (Å²) in [5.41, 5.74) is 5.59. The Labute approximate surface area is 193 Å². The summed E-state index contributed by atoms with van der Waals surface area (Å²) in [6.45, 7) is 4.44. The van der Waals surface area contributed by atoms with E-state index in [1.807, 2.05) is 91.4 Å². The molecule has 0 radical (unpaired) electrons. The van der Waals surface area contributed by atoms with Crippen molar-refractivity contribution in [2.45, 2.75) is 20.5 Å². The van der Waals surface area contributed by atoms with Crippen LogP contribution in [0.5, 0.6) is 11.5 Å². The third-order valence-electron chi connectivity index (χ3n) is 5.47. The molecule has 0 aliphatic heterocycles. The van der Waals surface area contributed by atoms with Crippen LogP contribution in [0.3, 0.4) is 0 Å². The molecule has 0 fully saturated rings. The Kier molecular flexibility index (Phi) is 6.69. The smallest absolute Gasteiger partial charge is 0.185 e. The Bertz CT molecular complexity index is 1250. The normalized spacial score (nSPS) is 11.0. The molecule has 0 aliphatic carbocycles. The van der Waals surface area contributed by atoms with Gasteiger partial charge >= 0.3 is 0 Å². The van der Waals surface area contributed by atoms with Crippen molar-refractivity contribution in [1.29, 1.82) is 0 Å². The zero-order valence-electron chi connectivity index (χ0n) is 19.0. The lowest BCUT2D eigenvalue weighted by atomic mass is 10.1. The SMILES string of the molecule is COc1ccc(/C=C/C(=O)c2ccc(-n3ccnc3)cc2)cc1COc1c(C)cccc1C. The van der Waals surface area contributed by atoms with Crippen LogP contribution in [0.1, 0.15) is 32.6 Å². The number of benzene rings is 3. The highest BCUT2D eigenvalue weighted by atomic mass is 16.5. The lowest BCUT2D eigenvalue weighted by Gasteiger charge is -2.14. The van der Waals surface area contributed by atoms with E-state index >= 15 is 0 Å². The van der Waals surface area contributed by atoms with Crippen molar-refractivity contribution >= 4 is 11.9 Å². The Morgan fingerprint density at radius 3 is 2.45 bits per heavy atom. The van der Waals surface area contributed by atoms with E-state index in [0.717, 1.165) is 39.4 Å². The van der Waals surface area contributed by atoms with Gasteiger partial charge in [-0.1, -0.05) is 30.3 Å². The summed E-state index contributed by atoms with van der Waals surface area (Å²) in [7, 11) is 1.64. The molecule has 166 valence electrons. The van der Waals surface area contributed by atoms with Crippen LogP contribution in [0.15, 0.2) is 85.5 Å².